The van der Waals surface area contributed by atoms with Crippen molar-refractivity contribution in [1.29, 1.82) is 0 Å². The highest BCUT2D eigenvalue weighted by molar-refractivity contribution is 7.10. The minimum atomic E-state index is -0.286. The molecule has 1 N–H and O–H groups in total. The minimum absolute atomic E-state index is 0.108. The molecule has 0 saturated carbocycles. The van der Waals surface area contributed by atoms with Gasteiger partial charge in [0.25, 0.3) is 0 Å². The lowest BCUT2D eigenvalue weighted by molar-refractivity contribution is 0.595. The third-order valence-electron chi connectivity index (χ3n) is 3.37. The lowest BCUT2D eigenvalue weighted by atomic mass is 10.0. The predicted molar refractivity (Wildman–Crippen MR) is 90.3 cm³/mol. The molecule has 2 aromatic rings. The normalized spacial score (nSPS) is 12.7. The molecule has 5 heteroatoms. The Morgan fingerprint density at radius 2 is 1.95 bits per heavy atom. The van der Waals surface area contributed by atoms with Crippen LogP contribution >= 0.6 is 34.5 Å². The number of halogens is 3. The Morgan fingerprint density at radius 1 is 1.24 bits per heavy atom. The maximum absolute atomic E-state index is 13.6. The third-order valence-corrected chi connectivity index (χ3v) is 5.48. The van der Waals surface area contributed by atoms with Gasteiger partial charge in [0.2, 0.25) is 0 Å². The molecule has 0 aliphatic heterocycles. The van der Waals surface area contributed by atoms with Crippen molar-refractivity contribution in [3.05, 3.63) is 54.9 Å². The van der Waals surface area contributed by atoms with E-state index in [0.29, 0.717) is 10.6 Å². The second-order valence-corrected chi connectivity index (χ2v) is 6.80. The molecule has 0 amide bonds. The molecule has 21 heavy (non-hydrogen) atoms. The molecule has 0 radical (unpaired) electrons. The zero-order valence-electron chi connectivity index (χ0n) is 12.3. The van der Waals surface area contributed by atoms with E-state index >= 15 is 0 Å². The van der Waals surface area contributed by atoms with Crippen LogP contribution in [0.25, 0.3) is 0 Å². The number of benzene rings is 1. The van der Waals surface area contributed by atoms with Gasteiger partial charge in [-0.05, 0) is 61.0 Å². The van der Waals surface area contributed by atoms with Crippen LogP contribution in [0.5, 0.6) is 0 Å². The lowest BCUT2D eigenvalue weighted by Crippen LogP contribution is -2.23. The fourth-order valence-electron chi connectivity index (χ4n) is 2.18. The summed E-state index contributed by atoms with van der Waals surface area (Å²) in [6, 6.07) is 3.07. The van der Waals surface area contributed by atoms with Gasteiger partial charge in [-0.1, -0.05) is 30.1 Å². The maximum atomic E-state index is 13.6. The number of thiophene rings is 1. The van der Waals surface area contributed by atoms with Crippen molar-refractivity contribution in [3.63, 3.8) is 0 Å². The molecule has 0 saturated heterocycles. The van der Waals surface area contributed by atoms with Crippen LogP contribution in [0.1, 0.15) is 41.0 Å². The summed E-state index contributed by atoms with van der Waals surface area (Å²) in [5, 5.41) is 6.67. The van der Waals surface area contributed by atoms with Crippen molar-refractivity contribution in [3.8, 4) is 0 Å². The zero-order chi connectivity index (χ0) is 15.6. The lowest BCUT2D eigenvalue weighted by Gasteiger charge is -2.20. The average Bonchev–Trinajstić information content (AvgIpc) is 2.77. The molecule has 0 aliphatic rings. The Bertz CT molecular complexity index is 639. The summed E-state index contributed by atoms with van der Waals surface area (Å²) < 4.78 is 13.6. The molecular weight excluding hydrogens is 328 g/mol. The molecule has 1 unspecified atom stereocenters. The zero-order valence-corrected chi connectivity index (χ0v) is 14.6. The molecule has 1 atom stereocenters. The smallest absolute Gasteiger partial charge is 0.127 e. The van der Waals surface area contributed by atoms with E-state index in [9.17, 15) is 4.39 Å². The highest BCUT2D eigenvalue weighted by Gasteiger charge is 2.22. The third kappa shape index (κ3) is 3.59. The summed E-state index contributed by atoms with van der Waals surface area (Å²) in [6.45, 7) is 6.66. The van der Waals surface area contributed by atoms with E-state index in [0.717, 1.165) is 34.0 Å². The maximum Gasteiger partial charge on any atom is 0.127 e. The number of hydrogen-bond acceptors (Lipinski definition) is 2. The van der Waals surface area contributed by atoms with Gasteiger partial charge in [-0.3, -0.25) is 0 Å². The second-order valence-electron chi connectivity index (χ2n) is 5.11. The SMILES string of the molecule is CCCNC(c1cc(C)c(F)cc1Cl)c1scc(C)c1Cl. The van der Waals surface area contributed by atoms with Crippen molar-refractivity contribution < 1.29 is 4.39 Å². The number of rotatable bonds is 5. The van der Waals surface area contributed by atoms with Gasteiger partial charge < -0.3 is 5.32 Å². The molecule has 0 bridgehead atoms. The average molecular weight is 346 g/mol. The van der Waals surface area contributed by atoms with Crippen LogP contribution in [0.2, 0.25) is 10.0 Å². The van der Waals surface area contributed by atoms with Gasteiger partial charge in [0.1, 0.15) is 5.82 Å². The molecule has 0 spiro atoms. The molecule has 0 fully saturated rings. The van der Waals surface area contributed by atoms with E-state index in [1.807, 2.05) is 12.3 Å². The molecule has 1 heterocycles. The Balaban J connectivity index is 2.50. The van der Waals surface area contributed by atoms with Crippen molar-refractivity contribution in [2.75, 3.05) is 6.54 Å². The summed E-state index contributed by atoms with van der Waals surface area (Å²) in [5.74, 6) is -0.286. The molecular formula is C16H18Cl2FNS. The molecule has 114 valence electrons. The van der Waals surface area contributed by atoms with Gasteiger partial charge in [0.15, 0.2) is 0 Å². The van der Waals surface area contributed by atoms with Gasteiger partial charge in [-0.15, -0.1) is 11.3 Å². The summed E-state index contributed by atoms with van der Waals surface area (Å²) in [4.78, 5) is 1.02. The van der Waals surface area contributed by atoms with Gasteiger partial charge >= 0.3 is 0 Å². The van der Waals surface area contributed by atoms with Crippen LogP contribution < -0.4 is 5.32 Å². The van der Waals surface area contributed by atoms with Crippen LogP contribution in [-0.4, -0.2) is 6.54 Å². The largest absolute Gasteiger partial charge is 0.306 e. The Morgan fingerprint density at radius 3 is 2.52 bits per heavy atom. The second kappa shape index (κ2) is 7.10. The van der Waals surface area contributed by atoms with Crippen LogP contribution in [0.4, 0.5) is 4.39 Å². The van der Waals surface area contributed by atoms with E-state index < -0.39 is 0 Å². The first-order valence-electron chi connectivity index (χ1n) is 6.88. The van der Waals surface area contributed by atoms with Gasteiger partial charge in [-0.2, -0.15) is 0 Å². The highest BCUT2D eigenvalue weighted by atomic mass is 35.5. The van der Waals surface area contributed by atoms with E-state index in [4.69, 9.17) is 23.2 Å². The van der Waals surface area contributed by atoms with Crippen LogP contribution in [0.15, 0.2) is 17.5 Å². The van der Waals surface area contributed by atoms with Crippen LogP contribution in [-0.2, 0) is 0 Å². The number of nitrogens with one attached hydrogen (secondary N) is 1. The molecule has 1 aromatic heterocycles. The first kappa shape index (κ1) is 16.8. The highest BCUT2D eigenvalue weighted by Crippen LogP contribution is 2.38. The predicted octanol–water partition coefficient (Wildman–Crippen LogP) is 5.90. The minimum Gasteiger partial charge on any atom is -0.306 e. The Labute approximate surface area is 139 Å². The van der Waals surface area contributed by atoms with Crippen molar-refractivity contribution in [2.24, 2.45) is 0 Å². The van der Waals surface area contributed by atoms with Gasteiger partial charge in [0, 0.05) is 9.90 Å². The van der Waals surface area contributed by atoms with E-state index in [2.05, 4.69) is 12.2 Å². The molecule has 2 rings (SSSR count). The number of hydrogen-bond donors (Lipinski definition) is 1. The summed E-state index contributed by atoms with van der Waals surface area (Å²) in [6.07, 6.45) is 0.996. The Hall–Kier alpha value is -0.610. The summed E-state index contributed by atoms with van der Waals surface area (Å²) >= 11 is 14.3. The van der Waals surface area contributed by atoms with Gasteiger partial charge in [-0.25, -0.2) is 4.39 Å². The van der Waals surface area contributed by atoms with Crippen molar-refractivity contribution in [2.45, 2.75) is 33.2 Å². The van der Waals surface area contributed by atoms with Crippen molar-refractivity contribution >= 4 is 34.5 Å². The van der Waals surface area contributed by atoms with E-state index in [-0.39, 0.29) is 11.9 Å². The summed E-state index contributed by atoms with van der Waals surface area (Å²) in [5.41, 5.74) is 2.50. The van der Waals surface area contributed by atoms with Crippen LogP contribution in [0.3, 0.4) is 0 Å². The first-order chi connectivity index (χ1) is 9.95. The fraction of sp³-hybridized carbons (Fsp3) is 0.375. The quantitative estimate of drug-likeness (QED) is 0.711. The first-order valence-corrected chi connectivity index (χ1v) is 8.51. The van der Waals surface area contributed by atoms with E-state index in [1.165, 1.54) is 6.07 Å². The standard InChI is InChI=1S/C16H18Cl2FNS/c1-4-5-20-15(16-14(18)10(3)8-21-16)11-6-9(2)13(19)7-12(11)17/h6-8,15,20H,4-5H2,1-3H3. The molecule has 1 aromatic carbocycles. The topological polar surface area (TPSA) is 12.0 Å². The Kier molecular flexibility index (Phi) is 5.67. The van der Waals surface area contributed by atoms with Gasteiger partial charge in [0.05, 0.1) is 11.1 Å². The monoisotopic (exact) mass is 345 g/mol. The van der Waals surface area contributed by atoms with Crippen LogP contribution in [0, 0.1) is 19.7 Å². The molecule has 0 aliphatic carbocycles. The number of aryl methyl sites for hydroxylation is 2. The summed E-state index contributed by atoms with van der Waals surface area (Å²) in [7, 11) is 0. The molecule has 1 nitrogen and oxygen atoms in total. The van der Waals surface area contributed by atoms with Crippen molar-refractivity contribution in [1.82, 2.24) is 5.32 Å². The fourth-order valence-corrected chi connectivity index (χ4v) is 3.83. The van der Waals surface area contributed by atoms with E-state index in [1.54, 1.807) is 24.3 Å².